The molecule has 1 aliphatic rings. The number of hydrogen-bond acceptors (Lipinski definition) is 3. The first-order chi connectivity index (χ1) is 8.09. The Labute approximate surface area is 101 Å². The number of benzene rings is 1. The number of halogens is 2. The van der Waals surface area contributed by atoms with Gasteiger partial charge in [-0.15, -0.1) is 0 Å². The average molecular weight is 259 g/mol. The van der Waals surface area contributed by atoms with Gasteiger partial charge in [-0.25, -0.2) is 8.78 Å². The van der Waals surface area contributed by atoms with Gasteiger partial charge in [0.25, 0.3) is 0 Å². The van der Waals surface area contributed by atoms with Gasteiger partial charge in [0, 0.05) is 23.1 Å². The molecule has 2 unspecified atom stereocenters. The summed E-state index contributed by atoms with van der Waals surface area (Å²) in [7, 11) is 0. The van der Waals surface area contributed by atoms with E-state index in [-0.39, 0.29) is 5.56 Å². The molecule has 0 spiro atoms. The quantitative estimate of drug-likeness (QED) is 0.850. The maximum Gasteiger partial charge on any atom is 0.321 e. The Balaban J connectivity index is 2.22. The molecule has 1 saturated heterocycles. The van der Waals surface area contributed by atoms with Crippen LogP contribution in [0.15, 0.2) is 18.2 Å². The van der Waals surface area contributed by atoms with Crippen LogP contribution in [0, 0.1) is 11.6 Å². The monoisotopic (exact) mass is 259 g/mol. The zero-order valence-corrected chi connectivity index (χ0v) is 9.64. The predicted octanol–water partition coefficient (Wildman–Crippen LogP) is 1.80. The van der Waals surface area contributed by atoms with Gasteiger partial charge < -0.3 is 5.11 Å². The average Bonchev–Trinajstić information content (AvgIpc) is 2.33. The second-order valence-electron chi connectivity index (χ2n) is 3.79. The molecule has 1 aromatic carbocycles. The molecule has 2 N–H and O–H groups in total. The van der Waals surface area contributed by atoms with Crippen molar-refractivity contribution >= 4 is 17.7 Å². The van der Waals surface area contributed by atoms with E-state index in [1.54, 1.807) is 0 Å². The maximum absolute atomic E-state index is 13.5. The van der Waals surface area contributed by atoms with Gasteiger partial charge in [-0.1, -0.05) is 12.1 Å². The minimum atomic E-state index is -0.973. The summed E-state index contributed by atoms with van der Waals surface area (Å²) in [6.45, 7) is 0. The van der Waals surface area contributed by atoms with Crippen molar-refractivity contribution in [2.24, 2.45) is 0 Å². The molecular formula is C11H11F2NO2S. The van der Waals surface area contributed by atoms with Gasteiger partial charge in [0.2, 0.25) is 0 Å². The third-order valence-corrected chi connectivity index (χ3v) is 3.76. The van der Waals surface area contributed by atoms with E-state index in [2.05, 4.69) is 5.32 Å². The molecule has 1 aromatic rings. The fourth-order valence-corrected chi connectivity index (χ4v) is 2.88. The van der Waals surface area contributed by atoms with Crippen molar-refractivity contribution in [3.05, 3.63) is 35.4 Å². The highest BCUT2D eigenvalue weighted by molar-refractivity contribution is 7.99. The van der Waals surface area contributed by atoms with E-state index in [9.17, 15) is 13.6 Å². The van der Waals surface area contributed by atoms with E-state index in [0.717, 1.165) is 6.07 Å². The summed E-state index contributed by atoms with van der Waals surface area (Å²) in [6, 6.07) is 2.75. The summed E-state index contributed by atoms with van der Waals surface area (Å²) < 4.78 is 26.6. The van der Waals surface area contributed by atoms with Gasteiger partial charge in [0.05, 0.1) is 0 Å². The first kappa shape index (κ1) is 12.3. The van der Waals surface area contributed by atoms with Gasteiger partial charge in [-0.3, -0.25) is 10.1 Å². The van der Waals surface area contributed by atoms with Crippen LogP contribution in [0.2, 0.25) is 0 Å². The maximum atomic E-state index is 13.5. The number of carboxylic acid groups (broad SMARTS) is 1. The lowest BCUT2D eigenvalue weighted by Crippen LogP contribution is -2.45. The zero-order chi connectivity index (χ0) is 12.4. The Hall–Kier alpha value is -1.14. The number of hydrogen-bond donors (Lipinski definition) is 2. The molecular weight excluding hydrogens is 248 g/mol. The largest absolute Gasteiger partial charge is 0.480 e. The molecule has 0 bridgehead atoms. The molecule has 0 aliphatic carbocycles. The number of carbonyl (C=O) groups is 1. The van der Waals surface area contributed by atoms with Crippen molar-refractivity contribution in [1.29, 1.82) is 0 Å². The van der Waals surface area contributed by atoms with E-state index in [1.165, 1.54) is 23.9 Å². The first-order valence-electron chi connectivity index (χ1n) is 5.10. The highest BCUT2D eigenvalue weighted by Gasteiger charge is 2.29. The standard InChI is InChI=1S/C11H11F2NO2S/c12-7-3-1-2-6(10(7)13)8-4-17-5-9(14-8)11(15)16/h1-3,8-9,14H,4-5H2,(H,15,16). The molecule has 0 saturated carbocycles. The third-order valence-electron chi connectivity index (χ3n) is 2.63. The van der Waals surface area contributed by atoms with Crippen LogP contribution < -0.4 is 5.32 Å². The van der Waals surface area contributed by atoms with Gasteiger partial charge in [-0.05, 0) is 6.07 Å². The Morgan fingerprint density at radius 1 is 1.41 bits per heavy atom. The number of aliphatic carboxylic acids is 1. The van der Waals surface area contributed by atoms with Crippen molar-refractivity contribution < 1.29 is 18.7 Å². The zero-order valence-electron chi connectivity index (χ0n) is 8.82. The number of nitrogens with one attached hydrogen (secondary N) is 1. The summed E-state index contributed by atoms with van der Waals surface area (Å²) >= 11 is 1.42. The van der Waals surface area contributed by atoms with Crippen LogP contribution in [0.3, 0.4) is 0 Å². The molecule has 2 rings (SSSR count). The van der Waals surface area contributed by atoms with E-state index < -0.39 is 29.7 Å². The van der Waals surface area contributed by atoms with E-state index in [1.807, 2.05) is 0 Å². The Morgan fingerprint density at radius 2 is 2.18 bits per heavy atom. The highest BCUT2D eigenvalue weighted by atomic mass is 32.2. The fraction of sp³-hybridized carbons (Fsp3) is 0.364. The van der Waals surface area contributed by atoms with Crippen molar-refractivity contribution in [3.8, 4) is 0 Å². The fourth-order valence-electron chi connectivity index (χ4n) is 1.75. The Bertz CT molecular complexity index is 441. The lowest BCUT2D eigenvalue weighted by Gasteiger charge is -2.28. The van der Waals surface area contributed by atoms with E-state index >= 15 is 0 Å². The van der Waals surface area contributed by atoms with Crippen LogP contribution in [-0.4, -0.2) is 28.6 Å². The van der Waals surface area contributed by atoms with Crippen LogP contribution in [0.5, 0.6) is 0 Å². The Morgan fingerprint density at radius 3 is 2.88 bits per heavy atom. The molecule has 3 nitrogen and oxygen atoms in total. The number of thioether (sulfide) groups is 1. The molecule has 0 radical (unpaired) electrons. The molecule has 17 heavy (non-hydrogen) atoms. The van der Waals surface area contributed by atoms with Gasteiger partial charge in [-0.2, -0.15) is 11.8 Å². The summed E-state index contributed by atoms with van der Waals surface area (Å²) in [4.78, 5) is 10.8. The summed E-state index contributed by atoms with van der Waals surface area (Å²) in [5.74, 6) is -1.82. The highest BCUT2D eigenvalue weighted by Crippen LogP contribution is 2.27. The lowest BCUT2D eigenvalue weighted by molar-refractivity contribution is -0.139. The SMILES string of the molecule is O=C(O)C1CSCC(c2cccc(F)c2F)N1. The second-order valence-corrected chi connectivity index (χ2v) is 4.87. The Kier molecular flexibility index (Phi) is 3.63. The van der Waals surface area contributed by atoms with Crippen LogP contribution in [0.25, 0.3) is 0 Å². The summed E-state index contributed by atoms with van der Waals surface area (Å²) in [5.41, 5.74) is 0.184. The summed E-state index contributed by atoms with van der Waals surface area (Å²) in [5, 5.41) is 11.7. The number of rotatable bonds is 2. The van der Waals surface area contributed by atoms with Crippen molar-refractivity contribution in [1.82, 2.24) is 5.32 Å². The smallest absolute Gasteiger partial charge is 0.321 e. The second kappa shape index (κ2) is 5.01. The molecule has 1 fully saturated rings. The van der Waals surface area contributed by atoms with E-state index in [4.69, 9.17) is 5.11 Å². The normalized spacial score (nSPS) is 24.6. The van der Waals surface area contributed by atoms with Gasteiger partial charge >= 0.3 is 5.97 Å². The molecule has 6 heteroatoms. The van der Waals surface area contributed by atoms with Crippen molar-refractivity contribution in [3.63, 3.8) is 0 Å². The summed E-state index contributed by atoms with van der Waals surface area (Å²) in [6.07, 6.45) is 0. The van der Waals surface area contributed by atoms with Gasteiger partial charge in [0.15, 0.2) is 11.6 Å². The minimum absolute atomic E-state index is 0.184. The molecule has 0 aromatic heterocycles. The van der Waals surface area contributed by atoms with Crippen LogP contribution in [0.4, 0.5) is 8.78 Å². The molecule has 0 amide bonds. The van der Waals surface area contributed by atoms with Gasteiger partial charge in [0.1, 0.15) is 6.04 Å². The minimum Gasteiger partial charge on any atom is -0.480 e. The molecule has 92 valence electrons. The van der Waals surface area contributed by atoms with Crippen molar-refractivity contribution in [2.75, 3.05) is 11.5 Å². The molecule has 2 atom stereocenters. The van der Waals surface area contributed by atoms with Crippen molar-refractivity contribution in [2.45, 2.75) is 12.1 Å². The van der Waals surface area contributed by atoms with Crippen LogP contribution >= 0.6 is 11.8 Å². The topological polar surface area (TPSA) is 49.3 Å². The predicted molar refractivity (Wildman–Crippen MR) is 61.0 cm³/mol. The van der Waals surface area contributed by atoms with E-state index in [0.29, 0.717) is 11.5 Å². The van der Waals surface area contributed by atoms with Crippen LogP contribution in [-0.2, 0) is 4.79 Å². The van der Waals surface area contributed by atoms with Crippen LogP contribution in [0.1, 0.15) is 11.6 Å². The lowest BCUT2D eigenvalue weighted by atomic mass is 10.1. The first-order valence-corrected chi connectivity index (χ1v) is 6.25. The molecule has 1 heterocycles. The third kappa shape index (κ3) is 2.58. The number of carboxylic acids is 1. The molecule has 1 aliphatic heterocycles.